The minimum atomic E-state index is -2.08. The third-order valence-corrected chi connectivity index (χ3v) is 14.3. The molecule has 36 heavy (non-hydrogen) atoms. The van der Waals surface area contributed by atoms with Crippen LogP contribution in [0.4, 0.5) is 0 Å². The maximum absolute atomic E-state index is 12.8. The van der Waals surface area contributed by atoms with Crippen molar-refractivity contribution in [3.8, 4) is 0 Å². The molecule has 2 atom stereocenters. The Hall–Kier alpha value is -1.51. The molecule has 2 saturated carbocycles. The first-order chi connectivity index (χ1) is 16.9. The van der Waals surface area contributed by atoms with E-state index in [1.54, 1.807) is 13.2 Å². The highest BCUT2D eigenvalue weighted by Crippen LogP contribution is 2.65. The van der Waals surface area contributed by atoms with Gasteiger partial charge in [0.15, 0.2) is 26.7 Å². The van der Waals surface area contributed by atoms with Crippen molar-refractivity contribution in [3.05, 3.63) is 46.3 Å². The van der Waals surface area contributed by atoms with E-state index in [0.717, 1.165) is 37.7 Å². The van der Waals surface area contributed by atoms with E-state index >= 15 is 0 Å². The number of carbonyl (C=O) groups excluding carboxylic acids is 1. The second-order valence-electron chi connectivity index (χ2n) is 12.6. The van der Waals surface area contributed by atoms with Crippen LogP contribution in [0.2, 0.25) is 18.1 Å². The molecule has 0 amide bonds. The number of fused-ring (bicyclic) bond motifs is 5. The van der Waals surface area contributed by atoms with Crippen LogP contribution in [0.15, 0.2) is 46.3 Å². The van der Waals surface area contributed by atoms with Gasteiger partial charge in [-0.25, -0.2) is 0 Å². The molecule has 1 spiro atoms. The Morgan fingerprint density at radius 1 is 1.08 bits per heavy atom. The van der Waals surface area contributed by atoms with Gasteiger partial charge in [0.2, 0.25) is 0 Å². The quantitative estimate of drug-likeness (QED) is 0.321. The van der Waals surface area contributed by atoms with E-state index in [4.69, 9.17) is 23.4 Å². The van der Waals surface area contributed by atoms with E-state index in [9.17, 15) is 4.79 Å². The molecule has 0 unspecified atom stereocenters. The van der Waals surface area contributed by atoms with Gasteiger partial charge in [0, 0.05) is 25.0 Å². The molecule has 198 valence electrons. The molecule has 1 heterocycles. The van der Waals surface area contributed by atoms with Crippen LogP contribution in [0.25, 0.3) is 0 Å². The third kappa shape index (κ3) is 3.69. The van der Waals surface area contributed by atoms with Crippen LogP contribution < -0.4 is 0 Å². The van der Waals surface area contributed by atoms with Gasteiger partial charge in [-0.15, -0.1) is 0 Å². The summed E-state index contributed by atoms with van der Waals surface area (Å²) in [6.07, 6.45) is 10.3. The fraction of sp³-hybridized carbons (Fsp3) is 0.690. The molecule has 1 saturated heterocycles. The number of rotatable bonds is 6. The highest BCUT2D eigenvalue weighted by molar-refractivity contribution is 6.74. The van der Waals surface area contributed by atoms with Gasteiger partial charge in [0.25, 0.3) is 0 Å². The first-order valence-electron chi connectivity index (χ1n) is 13.3. The zero-order chi connectivity index (χ0) is 26.0. The lowest BCUT2D eigenvalue weighted by molar-refractivity contribution is -0.208. The Bertz CT molecular complexity index is 1070. The normalized spacial score (nSPS) is 31.5. The minimum Gasteiger partial charge on any atom is -0.470 e. The number of ketones is 1. The lowest BCUT2D eigenvalue weighted by atomic mass is 9.57. The summed E-state index contributed by atoms with van der Waals surface area (Å²) in [4.78, 5) is 12.8. The van der Waals surface area contributed by atoms with Crippen LogP contribution in [0.3, 0.4) is 0 Å². The summed E-state index contributed by atoms with van der Waals surface area (Å²) in [6.45, 7) is 15.5. The molecule has 0 bridgehead atoms. The van der Waals surface area contributed by atoms with E-state index in [1.165, 1.54) is 16.7 Å². The molecule has 1 aliphatic heterocycles. The summed E-state index contributed by atoms with van der Waals surface area (Å²) < 4.78 is 31.0. The van der Waals surface area contributed by atoms with Crippen molar-refractivity contribution in [2.75, 3.05) is 33.7 Å². The van der Waals surface area contributed by atoms with Crippen molar-refractivity contribution in [2.45, 2.75) is 83.7 Å². The summed E-state index contributed by atoms with van der Waals surface area (Å²) in [6, 6.07) is 0. The van der Waals surface area contributed by atoms with Gasteiger partial charge in [-0.3, -0.25) is 4.79 Å². The summed E-state index contributed by atoms with van der Waals surface area (Å²) in [5.74, 6) is 0.106. The number of allylic oxidation sites excluding steroid dienone is 4. The molecule has 0 aromatic carbocycles. The molecular weight excluding hydrogens is 472 g/mol. The van der Waals surface area contributed by atoms with Crippen molar-refractivity contribution in [3.63, 3.8) is 0 Å². The van der Waals surface area contributed by atoms with E-state index in [1.807, 2.05) is 6.08 Å². The number of hydrogen-bond donors (Lipinski definition) is 0. The van der Waals surface area contributed by atoms with Gasteiger partial charge in [0.05, 0.1) is 25.2 Å². The van der Waals surface area contributed by atoms with Crippen molar-refractivity contribution in [1.29, 1.82) is 0 Å². The maximum atomic E-state index is 12.8. The zero-order valence-corrected chi connectivity index (χ0v) is 24.0. The highest BCUT2D eigenvalue weighted by atomic mass is 28.4. The number of carbonyl (C=O) groups is 1. The predicted octanol–water partition coefficient (Wildman–Crippen LogP) is 5.97. The van der Waals surface area contributed by atoms with Gasteiger partial charge in [-0.2, -0.15) is 0 Å². The standard InChI is InChI=1S/C29H42O6Si/c1-26(2,3)36(6,7)35-18-28-20(16-21(30)17-25(28)32-19-31-5)8-9-22-23-11-13-29(33-14-15-34-29)27(23,4)12-10-24(22)28/h10,16-17H,8-9,11-15,18-19H2,1-7H3/t27-,28-/m0/s1. The van der Waals surface area contributed by atoms with E-state index in [2.05, 4.69) is 46.9 Å². The van der Waals surface area contributed by atoms with Gasteiger partial charge in [-0.1, -0.05) is 39.3 Å². The predicted molar refractivity (Wildman–Crippen MR) is 141 cm³/mol. The summed E-state index contributed by atoms with van der Waals surface area (Å²) in [5.41, 5.74) is 4.40. The number of methoxy groups -OCH3 is 1. The summed E-state index contributed by atoms with van der Waals surface area (Å²) in [7, 11) is -0.471. The second-order valence-corrected chi connectivity index (χ2v) is 17.5. The van der Waals surface area contributed by atoms with Gasteiger partial charge < -0.3 is 23.4 Å². The van der Waals surface area contributed by atoms with Crippen LogP contribution in [0, 0.1) is 10.8 Å². The maximum Gasteiger partial charge on any atom is 0.192 e. The minimum absolute atomic E-state index is 0.0241. The molecule has 0 N–H and O–H groups in total. The van der Waals surface area contributed by atoms with Crippen molar-refractivity contribution < 1.29 is 28.2 Å². The Morgan fingerprint density at radius 3 is 2.47 bits per heavy atom. The lowest BCUT2D eigenvalue weighted by Crippen LogP contribution is -2.49. The third-order valence-electron chi connectivity index (χ3n) is 9.82. The molecule has 6 nitrogen and oxygen atoms in total. The molecule has 0 aromatic heterocycles. The average molecular weight is 515 g/mol. The summed E-state index contributed by atoms with van der Waals surface area (Å²) >= 11 is 0. The largest absolute Gasteiger partial charge is 0.470 e. The zero-order valence-electron chi connectivity index (χ0n) is 23.0. The van der Waals surface area contributed by atoms with Crippen LogP contribution >= 0.6 is 0 Å². The average Bonchev–Trinajstić information content (AvgIpc) is 3.41. The van der Waals surface area contributed by atoms with Gasteiger partial charge >= 0.3 is 0 Å². The van der Waals surface area contributed by atoms with Crippen molar-refractivity contribution >= 4 is 14.1 Å². The Balaban J connectivity index is 1.62. The molecule has 5 aliphatic rings. The topological polar surface area (TPSA) is 63.2 Å². The second kappa shape index (κ2) is 8.77. The molecule has 7 heteroatoms. The lowest BCUT2D eigenvalue weighted by Gasteiger charge is -2.51. The fourth-order valence-electron chi connectivity index (χ4n) is 6.69. The first kappa shape index (κ1) is 26.1. The van der Waals surface area contributed by atoms with Gasteiger partial charge in [-0.05, 0) is 66.6 Å². The Labute approximate surface area is 216 Å². The smallest absolute Gasteiger partial charge is 0.192 e. The number of ether oxygens (including phenoxy) is 4. The van der Waals surface area contributed by atoms with E-state index in [0.29, 0.717) is 25.6 Å². The van der Waals surface area contributed by atoms with E-state index < -0.39 is 19.5 Å². The summed E-state index contributed by atoms with van der Waals surface area (Å²) in [5, 5.41) is 0.0692. The molecule has 5 rings (SSSR count). The number of hydrogen-bond acceptors (Lipinski definition) is 6. The first-order valence-corrected chi connectivity index (χ1v) is 16.3. The Kier molecular flexibility index (Phi) is 6.36. The van der Waals surface area contributed by atoms with Crippen molar-refractivity contribution in [1.82, 2.24) is 0 Å². The van der Waals surface area contributed by atoms with Crippen LogP contribution in [-0.4, -0.2) is 53.6 Å². The molecule has 4 aliphatic carbocycles. The fourth-order valence-corrected chi connectivity index (χ4v) is 7.70. The van der Waals surface area contributed by atoms with Gasteiger partial charge in [0.1, 0.15) is 5.76 Å². The SMILES string of the molecule is COCOC1=CC(=O)C=C2CCC3=C4CCC5(OCCO5)[C@@]4(C)CC=C3[C@]21CO[Si](C)(C)C(C)(C)C. The van der Waals surface area contributed by atoms with Crippen LogP contribution in [0.1, 0.15) is 59.8 Å². The van der Waals surface area contributed by atoms with Crippen molar-refractivity contribution in [2.24, 2.45) is 10.8 Å². The molecule has 0 radical (unpaired) electrons. The molecular formula is C29H42O6Si. The Morgan fingerprint density at radius 2 is 1.81 bits per heavy atom. The molecule has 0 aromatic rings. The van der Waals surface area contributed by atoms with E-state index in [-0.39, 0.29) is 23.0 Å². The monoisotopic (exact) mass is 514 g/mol. The van der Waals surface area contributed by atoms with Crippen LogP contribution in [0.5, 0.6) is 0 Å². The highest BCUT2D eigenvalue weighted by Gasteiger charge is 2.62. The molecule has 3 fully saturated rings. The van der Waals surface area contributed by atoms with Crippen LogP contribution in [-0.2, 0) is 28.2 Å².